The standard InChI is InChI=1S/C16H22S/c1-2-3-4-5-8-15-10-12-16(13-11-15)9-6-7-14-17/h10-13,17H,2-5,7-8,14H2,1H3. The van der Waals surface area contributed by atoms with Gasteiger partial charge in [0.15, 0.2) is 0 Å². The van der Waals surface area contributed by atoms with Crippen molar-refractivity contribution in [3.05, 3.63) is 35.4 Å². The Labute approximate surface area is 111 Å². The summed E-state index contributed by atoms with van der Waals surface area (Å²) in [6.45, 7) is 2.25. The average molecular weight is 246 g/mol. The number of aryl methyl sites for hydroxylation is 1. The Balaban J connectivity index is 2.37. The quantitative estimate of drug-likeness (QED) is 0.427. The third-order valence-electron chi connectivity index (χ3n) is 2.74. The molecule has 1 rings (SSSR count). The van der Waals surface area contributed by atoms with E-state index in [1.165, 1.54) is 37.7 Å². The molecule has 0 bridgehead atoms. The fourth-order valence-corrected chi connectivity index (χ4v) is 1.84. The molecule has 0 amide bonds. The van der Waals surface area contributed by atoms with E-state index in [-0.39, 0.29) is 0 Å². The summed E-state index contributed by atoms with van der Waals surface area (Å²) in [6, 6.07) is 8.66. The maximum absolute atomic E-state index is 4.14. The van der Waals surface area contributed by atoms with Crippen LogP contribution >= 0.6 is 12.6 Å². The summed E-state index contributed by atoms with van der Waals surface area (Å²) in [6.07, 6.45) is 7.37. The Morgan fingerprint density at radius 1 is 1.06 bits per heavy atom. The third-order valence-corrected chi connectivity index (χ3v) is 2.97. The second-order valence-corrected chi connectivity index (χ2v) is 4.73. The number of thiol groups is 1. The van der Waals surface area contributed by atoms with Crippen molar-refractivity contribution in [1.82, 2.24) is 0 Å². The molecule has 0 aromatic heterocycles. The van der Waals surface area contributed by atoms with Gasteiger partial charge in [0, 0.05) is 17.7 Å². The molecule has 0 unspecified atom stereocenters. The van der Waals surface area contributed by atoms with Crippen molar-refractivity contribution in [1.29, 1.82) is 0 Å². The van der Waals surface area contributed by atoms with E-state index in [4.69, 9.17) is 0 Å². The van der Waals surface area contributed by atoms with E-state index >= 15 is 0 Å². The molecule has 0 radical (unpaired) electrons. The van der Waals surface area contributed by atoms with E-state index in [1.807, 2.05) is 0 Å². The highest BCUT2D eigenvalue weighted by atomic mass is 32.1. The largest absolute Gasteiger partial charge is 0.178 e. The van der Waals surface area contributed by atoms with Crippen LogP contribution in [0.4, 0.5) is 0 Å². The molecule has 17 heavy (non-hydrogen) atoms. The van der Waals surface area contributed by atoms with Crippen LogP contribution in [0.5, 0.6) is 0 Å². The summed E-state index contributed by atoms with van der Waals surface area (Å²) >= 11 is 4.14. The van der Waals surface area contributed by atoms with Crippen molar-refractivity contribution in [2.45, 2.75) is 45.4 Å². The first-order valence-corrected chi connectivity index (χ1v) is 7.18. The van der Waals surface area contributed by atoms with Gasteiger partial charge in [-0.25, -0.2) is 0 Å². The van der Waals surface area contributed by atoms with Crippen LogP contribution in [0.25, 0.3) is 0 Å². The van der Waals surface area contributed by atoms with Crippen LogP contribution in [0.1, 0.15) is 50.2 Å². The van der Waals surface area contributed by atoms with E-state index < -0.39 is 0 Å². The highest BCUT2D eigenvalue weighted by Gasteiger charge is 1.93. The van der Waals surface area contributed by atoms with Crippen molar-refractivity contribution in [2.75, 3.05) is 5.75 Å². The highest BCUT2D eigenvalue weighted by molar-refractivity contribution is 7.80. The van der Waals surface area contributed by atoms with Gasteiger partial charge in [0.2, 0.25) is 0 Å². The molecular weight excluding hydrogens is 224 g/mol. The summed E-state index contributed by atoms with van der Waals surface area (Å²) in [5.41, 5.74) is 2.55. The molecule has 0 aliphatic heterocycles. The Morgan fingerprint density at radius 3 is 2.47 bits per heavy atom. The molecule has 0 fully saturated rings. The van der Waals surface area contributed by atoms with Crippen molar-refractivity contribution < 1.29 is 0 Å². The lowest BCUT2D eigenvalue weighted by atomic mass is 10.0. The van der Waals surface area contributed by atoms with Crippen LogP contribution in [0.3, 0.4) is 0 Å². The minimum atomic E-state index is 0.836. The summed E-state index contributed by atoms with van der Waals surface area (Å²) < 4.78 is 0. The summed E-state index contributed by atoms with van der Waals surface area (Å²) in [5.74, 6) is 7.09. The number of rotatable bonds is 6. The highest BCUT2D eigenvalue weighted by Crippen LogP contribution is 2.09. The number of hydrogen-bond donors (Lipinski definition) is 1. The summed E-state index contributed by atoms with van der Waals surface area (Å²) in [5, 5.41) is 0. The average Bonchev–Trinajstić information content (AvgIpc) is 2.37. The van der Waals surface area contributed by atoms with Crippen molar-refractivity contribution >= 4 is 12.6 Å². The van der Waals surface area contributed by atoms with Crippen LogP contribution in [0.15, 0.2) is 24.3 Å². The minimum absolute atomic E-state index is 0.836. The fourth-order valence-electron chi connectivity index (χ4n) is 1.73. The van der Waals surface area contributed by atoms with Crippen LogP contribution in [-0.4, -0.2) is 5.75 Å². The van der Waals surface area contributed by atoms with Gasteiger partial charge in [-0.1, -0.05) is 50.2 Å². The van der Waals surface area contributed by atoms with E-state index in [1.54, 1.807) is 0 Å². The van der Waals surface area contributed by atoms with Gasteiger partial charge < -0.3 is 0 Å². The van der Waals surface area contributed by atoms with Gasteiger partial charge in [-0.15, -0.1) is 0 Å². The second-order valence-electron chi connectivity index (χ2n) is 4.28. The molecule has 0 N–H and O–H groups in total. The van der Waals surface area contributed by atoms with Crippen LogP contribution in [0.2, 0.25) is 0 Å². The first kappa shape index (κ1) is 14.2. The van der Waals surface area contributed by atoms with E-state index in [9.17, 15) is 0 Å². The molecule has 0 saturated carbocycles. The zero-order valence-electron chi connectivity index (χ0n) is 10.7. The second kappa shape index (κ2) is 9.19. The fraction of sp³-hybridized carbons (Fsp3) is 0.500. The maximum atomic E-state index is 4.14. The van der Waals surface area contributed by atoms with Gasteiger partial charge in [0.25, 0.3) is 0 Å². The van der Waals surface area contributed by atoms with E-state index in [0.29, 0.717) is 0 Å². The summed E-state index contributed by atoms with van der Waals surface area (Å²) in [7, 11) is 0. The zero-order chi connectivity index (χ0) is 12.3. The Bertz CT molecular complexity index is 353. The van der Waals surface area contributed by atoms with Crippen molar-refractivity contribution in [3.63, 3.8) is 0 Å². The molecule has 0 spiro atoms. The molecule has 0 atom stereocenters. The van der Waals surface area contributed by atoms with E-state index in [2.05, 4.69) is 55.7 Å². The first-order chi connectivity index (χ1) is 8.36. The SMILES string of the molecule is CCCCCCc1ccc(C#CCCS)cc1. The Kier molecular flexibility index (Phi) is 7.67. The third kappa shape index (κ3) is 6.44. The van der Waals surface area contributed by atoms with Crippen LogP contribution < -0.4 is 0 Å². The molecule has 0 heterocycles. The topological polar surface area (TPSA) is 0 Å². The van der Waals surface area contributed by atoms with Gasteiger partial charge in [-0.2, -0.15) is 12.6 Å². The molecule has 0 aliphatic rings. The van der Waals surface area contributed by atoms with Crippen LogP contribution in [-0.2, 0) is 6.42 Å². The van der Waals surface area contributed by atoms with Gasteiger partial charge in [-0.05, 0) is 30.5 Å². The Morgan fingerprint density at radius 2 is 1.82 bits per heavy atom. The molecule has 1 aromatic rings. The monoisotopic (exact) mass is 246 g/mol. The molecule has 0 nitrogen and oxygen atoms in total. The summed E-state index contributed by atoms with van der Waals surface area (Å²) in [4.78, 5) is 0. The number of unbranched alkanes of at least 4 members (excludes halogenated alkanes) is 3. The van der Waals surface area contributed by atoms with Gasteiger partial charge in [0.05, 0.1) is 0 Å². The number of benzene rings is 1. The molecule has 0 aliphatic carbocycles. The van der Waals surface area contributed by atoms with Gasteiger partial charge >= 0.3 is 0 Å². The first-order valence-electron chi connectivity index (χ1n) is 6.55. The maximum Gasteiger partial charge on any atom is 0.0245 e. The smallest absolute Gasteiger partial charge is 0.0245 e. The number of hydrogen-bond acceptors (Lipinski definition) is 1. The lowest BCUT2D eigenvalue weighted by molar-refractivity contribution is 0.667. The predicted molar refractivity (Wildman–Crippen MR) is 79.6 cm³/mol. The molecule has 1 heteroatoms. The Hall–Kier alpha value is -0.870. The van der Waals surface area contributed by atoms with Crippen molar-refractivity contribution in [2.24, 2.45) is 0 Å². The minimum Gasteiger partial charge on any atom is -0.178 e. The van der Waals surface area contributed by atoms with Crippen LogP contribution in [0, 0.1) is 11.8 Å². The van der Waals surface area contributed by atoms with Gasteiger partial charge in [0.1, 0.15) is 0 Å². The lowest BCUT2D eigenvalue weighted by Gasteiger charge is -2.01. The molecule has 1 aromatic carbocycles. The zero-order valence-corrected chi connectivity index (χ0v) is 11.6. The lowest BCUT2D eigenvalue weighted by Crippen LogP contribution is -1.86. The molecular formula is C16H22S. The normalized spacial score (nSPS) is 9.76. The molecule has 92 valence electrons. The molecule has 0 saturated heterocycles. The predicted octanol–water partition coefficient (Wildman–Crippen LogP) is 4.48. The van der Waals surface area contributed by atoms with Crippen molar-refractivity contribution in [3.8, 4) is 11.8 Å². The van der Waals surface area contributed by atoms with Gasteiger partial charge in [-0.3, -0.25) is 0 Å². The van der Waals surface area contributed by atoms with E-state index in [0.717, 1.165) is 17.7 Å².